The van der Waals surface area contributed by atoms with Gasteiger partial charge in [-0.05, 0) is 43.0 Å². The first-order valence-electron chi connectivity index (χ1n) is 6.77. The second-order valence-electron chi connectivity index (χ2n) is 5.38. The van der Waals surface area contributed by atoms with E-state index < -0.39 is 11.5 Å². The maximum Gasteiger partial charge on any atom is 0.329 e. The average Bonchev–Trinajstić information content (AvgIpc) is 2.42. The lowest BCUT2D eigenvalue weighted by Gasteiger charge is -2.39. The number of hydrogen-bond acceptors (Lipinski definition) is 2. The minimum Gasteiger partial charge on any atom is -0.479 e. The van der Waals surface area contributed by atoms with Crippen molar-refractivity contribution in [2.75, 3.05) is 0 Å². The molecular weight excluding hydrogens is 278 g/mol. The predicted molar refractivity (Wildman–Crippen MR) is 76.9 cm³/mol. The molecule has 20 heavy (non-hydrogen) atoms. The number of benzene rings is 1. The maximum atomic E-state index is 12.3. The predicted octanol–water partition coefficient (Wildman–Crippen LogP) is 3.10. The second-order valence-corrected chi connectivity index (χ2v) is 5.82. The lowest BCUT2D eigenvalue weighted by Crippen LogP contribution is -2.60. The van der Waals surface area contributed by atoms with Gasteiger partial charge in [-0.1, -0.05) is 31.4 Å². The Kier molecular flexibility index (Phi) is 4.33. The van der Waals surface area contributed by atoms with Crippen LogP contribution < -0.4 is 5.32 Å². The Morgan fingerprint density at radius 1 is 1.30 bits per heavy atom. The number of nitrogens with one attached hydrogen (secondary N) is 1. The van der Waals surface area contributed by atoms with Crippen LogP contribution in [0.15, 0.2) is 24.3 Å². The van der Waals surface area contributed by atoms with Crippen LogP contribution in [0.25, 0.3) is 0 Å². The smallest absolute Gasteiger partial charge is 0.329 e. The van der Waals surface area contributed by atoms with Crippen molar-refractivity contribution >= 4 is 23.5 Å². The molecule has 1 saturated carbocycles. The number of carboxylic acid groups (broad SMARTS) is 1. The molecule has 2 unspecified atom stereocenters. The Bertz CT molecular complexity index is 514. The SMILES string of the molecule is CC1CCCCC1(NC(=O)c1ccc(Cl)cc1)C(=O)O. The van der Waals surface area contributed by atoms with E-state index in [4.69, 9.17) is 11.6 Å². The van der Waals surface area contributed by atoms with Crippen LogP contribution in [0.5, 0.6) is 0 Å². The first kappa shape index (κ1) is 14.9. The third-order valence-electron chi connectivity index (χ3n) is 4.12. The molecule has 0 radical (unpaired) electrons. The zero-order chi connectivity index (χ0) is 14.8. The fourth-order valence-corrected chi connectivity index (χ4v) is 2.91. The molecule has 1 aliphatic carbocycles. The van der Waals surface area contributed by atoms with Crippen LogP contribution >= 0.6 is 11.6 Å². The van der Waals surface area contributed by atoms with E-state index >= 15 is 0 Å². The molecule has 0 heterocycles. The van der Waals surface area contributed by atoms with Crippen molar-refractivity contribution in [1.82, 2.24) is 5.32 Å². The molecule has 1 aromatic carbocycles. The molecule has 2 N–H and O–H groups in total. The fraction of sp³-hybridized carbons (Fsp3) is 0.467. The summed E-state index contributed by atoms with van der Waals surface area (Å²) in [5, 5.41) is 12.8. The molecule has 1 aromatic rings. The van der Waals surface area contributed by atoms with Crippen molar-refractivity contribution in [3.05, 3.63) is 34.9 Å². The summed E-state index contributed by atoms with van der Waals surface area (Å²) < 4.78 is 0. The van der Waals surface area contributed by atoms with Crippen LogP contribution in [0.1, 0.15) is 43.0 Å². The van der Waals surface area contributed by atoms with Gasteiger partial charge in [0.1, 0.15) is 5.54 Å². The normalized spacial score (nSPS) is 26.0. The molecule has 0 bridgehead atoms. The van der Waals surface area contributed by atoms with Gasteiger partial charge in [0.05, 0.1) is 0 Å². The molecule has 2 rings (SSSR count). The molecule has 2 atom stereocenters. The van der Waals surface area contributed by atoms with Gasteiger partial charge in [-0.3, -0.25) is 4.79 Å². The largest absolute Gasteiger partial charge is 0.479 e. The first-order chi connectivity index (χ1) is 9.45. The van der Waals surface area contributed by atoms with E-state index in [2.05, 4.69) is 5.32 Å². The van der Waals surface area contributed by atoms with Crippen molar-refractivity contribution in [2.24, 2.45) is 5.92 Å². The number of halogens is 1. The lowest BCUT2D eigenvalue weighted by molar-refractivity contribution is -0.148. The third kappa shape index (κ3) is 2.80. The van der Waals surface area contributed by atoms with E-state index in [1.807, 2.05) is 6.92 Å². The molecule has 0 saturated heterocycles. The zero-order valence-corrected chi connectivity index (χ0v) is 12.1. The van der Waals surface area contributed by atoms with Gasteiger partial charge in [0.25, 0.3) is 5.91 Å². The minimum absolute atomic E-state index is 0.0787. The summed E-state index contributed by atoms with van der Waals surface area (Å²) in [5.41, 5.74) is -0.734. The monoisotopic (exact) mass is 295 g/mol. The Morgan fingerprint density at radius 3 is 2.50 bits per heavy atom. The average molecular weight is 296 g/mol. The standard InChI is InChI=1S/C15H18ClNO3/c1-10-4-2-3-9-15(10,14(19)20)17-13(18)11-5-7-12(16)8-6-11/h5-8,10H,2-4,9H2,1H3,(H,17,18)(H,19,20). The van der Waals surface area contributed by atoms with Crippen LogP contribution in [0.3, 0.4) is 0 Å². The van der Waals surface area contributed by atoms with E-state index in [0.717, 1.165) is 19.3 Å². The van der Waals surface area contributed by atoms with Gasteiger partial charge in [-0.25, -0.2) is 4.79 Å². The van der Waals surface area contributed by atoms with Crippen molar-refractivity contribution < 1.29 is 14.7 Å². The number of aliphatic carboxylic acids is 1. The Balaban J connectivity index is 2.22. The van der Waals surface area contributed by atoms with Gasteiger partial charge in [-0.15, -0.1) is 0 Å². The summed E-state index contributed by atoms with van der Waals surface area (Å²) in [6.07, 6.45) is 3.11. The van der Waals surface area contributed by atoms with E-state index in [-0.39, 0.29) is 11.8 Å². The number of carbonyl (C=O) groups is 2. The van der Waals surface area contributed by atoms with E-state index in [1.165, 1.54) is 0 Å². The van der Waals surface area contributed by atoms with Gasteiger partial charge < -0.3 is 10.4 Å². The van der Waals surface area contributed by atoms with Crippen LogP contribution in [0.4, 0.5) is 0 Å². The van der Waals surface area contributed by atoms with Crippen LogP contribution in [-0.4, -0.2) is 22.5 Å². The highest BCUT2D eigenvalue weighted by Gasteiger charge is 2.46. The summed E-state index contributed by atoms with van der Waals surface area (Å²) in [6, 6.07) is 6.43. The number of amides is 1. The van der Waals surface area contributed by atoms with Crippen molar-refractivity contribution in [2.45, 2.75) is 38.1 Å². The number of carbonyl (C=O) groups excluding carboxylic acids is 1. The molecule has 0 spiro atoms. The highest BCUT2D eigenvalue weighted by Crippen LogP contribution is 2.34. The van der Waals surface area contributed by atoms with Gasteiger partial charge in [-0.2, -0.15) is 0 Å². The highest BCUT2D eigenvalue weighted by molar-refractivity contribution is 6.30. The Hall–Kier alpha value is -1.55. The molecule has 0 aliphatic heterocycles. The van der Waals surface area contributed by atoms with Gasteiger partial charge >= 0.3 is 5.97 Å². The highest BCUT2D eigenvalue weighted by atomic mass is 35.5. The zero-order valence-electron chi connectivity index (χ0n) is 11.4. The first-order valence-corrected chi connectivity index (χ1v) is 7.15. The molecule has 4 nitrogen and oxygen atoms in total. The van der Waals surface area contributed by atoms with E-state index in [0.29, 0.717) is 17.0 Å². The quantitative estimate of drug-likeness (QED) is 0.900. The molecule has 5 heteroatoms. The van der Waals surface area contributed by atoms with Crippen molar-refractivity contribution in [1.29, 1.82) is 0 Å². The summed E-state index contributed by atoms with van der Waals surface area (Å²) in [6.45, 7) is 1.88. The fourth-order valence-electron chi connectivity index (χ4n) is 2.78. The third-order valence-corrected chi connectivity index (χ3v) is 4.38. The van der Waals surface area contributed by atoms with Crippen molar-refractivity contribution in [3.8, 4) is 0 Å². The van der Waals surface area contributed by atoms with Gasteiger partial charge in [0.15, 0.2) is 0 Å². The van der Waals surface area contributed by atoms with Crippen LogP contribution in [0.2, 0.25) is 5.02 Å². The second kappa shape index (κ2) is 5.83. The Labute approximate surface area is 123 Å². The van der Waals surface area contributed by atoms with Gasteiger partial charge in [0.2, 0.25) is 0 Å². The molecule has 0 aromatic heterocycles. The minimum atomic E-state index is -1.16. The molecular formula is C15H18ClNO3. The molecule has 1 amide bonds. The molecule has 108 valence electrons. The van der Waals surface area contributed by atoms with Gasteiger partial charge in [0, 0.05) is 10.6 Å². The summed E-state index contributed by atoms with van der Waals surface area (Å²) in [7, 11) is 0. The Morgan fingerprint density at radius 2 is 1.95 bits per heavy atom. The summed E-state index contributed by atoms with van der Waals surface area (Å²) >= 11 is 5.78. The van der Waals surface area contributed by atoms with E-state index in [1.54, 1.807) is 24.3 Å². The lowest BCUT2D eigenvalue weighted by atomic mass is 9.73. The number of hydrogen-bond donors (Lipinski definition) is 2. The summed E-state index contributed by atoms with van der Waals surface area (Å²) in [5.74, 6) is -1.39. The molecule has 1 aliphatic rings. The van der Waals surface area contributed by atoms with E-state index in [9.17, 15) is 14.7 Å². The number of rotatable bonds is 3. The van der Waals surface area contributed by atoms with Crippen LogP contribution in [0, 0.1) is 5.92 Å². The summed E-state index contributed by atoms with van der Waals surface area (Å²) in [4.78, 5) is 23.9. The van der Waals surface area contributed by atoms with Crippen molar-refractivity contribution in [3.63, 3.8) is 0 Å². The maximum absolute atomic E-state index is 12.3. The number of carboxylic acids is 1. The van der Waals surface area contributed by atoms with Crippen LogP contribution in [-0.2, 0) is 4.79 Å². The molecule has 1 fully saturated rings. The topological polar surface area (TPSA) is 66.4 Å².